The van der Waals surface area contributed by atoms with Gasteiger partial charge < -0.3 is 9.47 Å². The number of hydrogen-bond donors (Lipinski definition) is 0. The SMILES string of the molecule is C=COC(C)C1(C)CCO1. The number of hydrogen-bond acceptors (Lipinski definition) is 2. The molecule has 1 rings (SSSR count). The molecule has 1 saturated heterocycles. The van der Waals surface area contributed by atoms with Gasteiger partial charge in [0.2, 0.25) is 0 Å². The van der Waals surface area contributed by atoms with Gasteiger partial charge >= 0.3 is 0 Å². The zero-order chi connectivity index (χ0) is 7.61. The van der Waals surface area contributed by atoms with Gasteiger partial charge in [-0.15, -0.1) is 0 Å². The molecule has 2 nitrogen and oxygen atoms in total. The Morgan fingerprint density at radius 2 is 2.40 bits per heavy atom. The monoisotopic (exact) mass is 142 g/mol. The highest BCUT2D eigenvalue weighted by atomic mass is 16.6. The van der Waals surface area contributed by atoms with Crippen LogP contribution in [0.15, 0.2) is 12.8 Å². The van der Waals surface area contributed by atoms with Crippen LogP contribution in [-0.4, -0.2) is 18.3 Å². The predicted octanol–water partition coefficient (Wildman–Crippen LogP) is 1.71. The lowest BCUT2D eigenvalue weighted by molar-refractivity contribution is -0.189. The highest BCUT2D eigenvalue weighted by Gasteiger charge is 2.39. The van der Waals surface area contributed by atoms with Crippen molar-refractivity contribution in [1.29, 1.82) is 0 Å². The van der Waals surface area contributed by atoms with E-state index >= 15 is 0 Å². The van der Waals surface area contributed by atoms with Gasteiger partial charge in [0.05, 0.1) is 12.9 Å². The average Bonchev–Trinajstić information content (AvgIpc) is 1.83. The van der Waals surface area contributed by atoms with Crippen LogP contribution in [0.25, 0.3) is 0 Å². The molecule has 1 aliphatic heterocycles. The maximum absolute atomic E-state index is 5.36. The molecule has 58 valence electrons. The Morgan fingerprint density at radius 3 is 2.70 bits per heavy atom. The molecule has 0 bridgehead atoms. The third kappa shape index (κ3) is 1.16. The first-order valence-electron chi connectivity index (χ1n) is 3.59. The van der Waals surface area contributed by atoms with Crippen molar-refractivity contribution in [3.8, 4) is 0 Å². The molecule has 0 aromatic carbocycles. The third-order valence-electron chi connectivity index (χ3n) is 2.19. The van der Waals surface area contributed by atoms with Crippen molar-refractivity contribution >= 4 is 0 Å². The Hall–Kier alpha value is -0.500. The first-order valence-corrected chi connectivity index (χ1v) is 3.59. The van der Waals surface area contributed by atoms with Crippen molar-refractivity contribution in [2.24, 2.45) is 0 Å². The Balaban J connectivity index is 2.38. The van der Waals surface area contributed by atoms with Crippen LogP contribution in [0.5, 0.6) is 0 Å². The summed E-state index contributed by atoms with van der Waals surface area (Å²) in [7, 11) is 0. The molecule has 0 radical (unpaired) electrons. The lowest BCUT2D eigenvalue weighted by atomic mass is 9.92. The summed E-state index contributed by atoms with van der Waals surface area (Å²) in [5.74, 6) is 0. The van der Waals surface area contributed by atoms with Gasteiger partial charge in [0.1, 0.15) is 11.7 Å². The second-order valence-corrected chi connectivity index (χ2v) is 2.86. The largest absolute Gasteiger partial charge is 0.496 e. The van der Waals surface area contributed by atoms with Crippen molar-refractivity contribution in [3.63, 3.8) is 0 Å². The van der Waals surface area contributed by atoms with Gasteiger partial charge in [0.25, 0.3) is 0 Å². The number of ether oxygens (including phenoxy) is 2. The fraction of sp³-hybridized carbons (Fsp3) is 0.750. The fourth-order valence-corrected chi connectivity index (χ4v) is 1.03. The van der Waals surface area contributed by atoms with E-state index in [1.54, 1.807) is 0 Å². The molecule has 1 heterocycles. The minimum Gasteiger partial charge on any atom is -0.496 e. The first-order chi connectivity index (χ1) is 4.69. The molecule has 0 spiro atoms. The molecule has 0 amide bonds. The van der Waals surface area contributed by atoms with Crippen LogP contribution in [-0.2, 0) is 9.47 Å². The second-order valence-electron chi connectivity index (χ2n) is 2.86. The van der Waals surface area contributed by atoms with Crippen LogP contribution in [0.2, 0.25) is 0 Å². The minimum absolute atomic E-state index is 0.0613. The molecular formula is C8H14O2. The molecule has 1 aliphatic rings. The summed E-state index contributed by atoms with van der Waals surface area (Å²) in [5.41, 5.74) is -0.0613. The zero-order valence-corrected chi connectivity index (χ0v) is 6.59. The lowest BCUT2D eigenvalue weighted by Gasteiger charge is -2.42. The van der Waals surface area contributed by atoms with E-state index in [0.717, 1.165) is 13.0 Å². The van der Waals surface area contributed by atoms with Crippen molar-refractivity contribution in [1.82, 2.24) is 0 Å². The zero-order valence-electron chi connectivity index (χ0n) is 6.59. The predicted molar refractivity (Wildman–Crippen MR) is 39.7 cm³/mol. The lowest BCUT2D eigenvalue weighted by Crippen LogP contribution is -2.49. The van der Waals surface area contributed by atoms with Gasteiger partial charge in [0.15, 0.2) is 0 Å². The highest BCUT2D eigenvalue weighted by Crippen LogP contribution is 2.30. The Morgan fingerprint density at radius 1 is 1.80 bits per heavy atom. The van der Waals surface area contributed by atoms with Crippen LogP contribution in [0, 0.1) is 0 Å². The standard InChI is InChI=1S/C8H14O2/c1-4-9-7(2)8(3)5-6-10-8/h4,7H,1,5-6H2,2-3H3. The molecule has 2 heteroatoms. The summed E-state index contributed by atoms with van der Waals surface area (Å²) >= 11 is 0. The van der Waals surface area contributed by atoms with E-state index in [0.29, 0.717) is 0 Å². The molecule has 0 aromatic rings. The molecule has 10 heavy (non-hydrogen) atoms. The van der Waals surface area contributed by atoms with E-state index in [-0.39, 0.29) is 11.7 Å². The number of rotatable bonds is 3. The van der Waals surface area contributed by atoms with Gasteiger partial charge in [-0.25, -0.2) is 0 Å². The molecule has 0 saturated carbocycles. The summed E-state index contributed by atoms with van der Waals surface area (Å²) in [6.07, 6.45) is 2.68. The second kappa shape index (κ2) is 2.62. The van der Waals surface area contributed by atoms with Crippen molar-refractivity contribution in [2.75, 3.05) is 6.61 Å². The Kier molecular flexibility index (Phi) is 2.00. The Bertz CT molecular complexity index is 127. The summed E-state index contributed by atoms with van der Waals surface area (Å²) in [4.78, 5) is 0. The summed E-state index contributed by atoms with van der Waals surface area (Å²) in [6, 6.07) is 0. The molecule has 1 fully saturated rings. The van der Waals surface area contributed by atoms with E-state index in [4.69, 9.17) is 9.47 Å². The average molecular weight is 142 g/mol. The van der Waals surface area contributed by atoms with Gasteiger partial charge in [-0.3, -0.25) is 0 Å². The summed E-state index contributed by atoms with van der Waals surface area (Å²) in [6.45, 7) is 8.42. The quantitative estimate of drug-likeness (QED) is 0.558. The third-order valence-corrected chi connectivity index (χ3v) is 2.19. The van der Waals surface area contributed by atoms with E-state index in [1.807, 2.05) is 6.92 Å². The van der Waals surface area contributed by atoms with Crippen molar-refractivity contribution in [3.05, 3.63) is 12.8 Å². The molecular weight excluding hydrogens is 128 g/mol. The minimum atomic E-state index is -0.0613. The van der Waals surface area contributed by atoms with E-state index in [9.17, 15) is 0 Å². The summed E-state index contributed by atoms with van der Waals surface area (Å²) < 4.78 is 10.5. The van der Waals surface area contributed by atoms with Gasteiger partial charge in [-0.2, -0.15) is 0 Å². The van der Waals surface area contributed by atoms with Crippen molar-refractivity contribution < 1.29 is 9.47 Å². The molecule has 2 unspecified atom stereocenters. The van der Waals surface area contributed by atoms with Crippen LogP contribution >= 0.6 is 0 Å². The van der Waals surface area contributed by atoms with Crippen LogP contribution in [0.1, 0.15) is 20.3 Å². The normalized spacial score (nSPS) is 34.2. The van der Waals surface area contributed by atoms with Gasteiger partial charge in [-0.05, 0) is 13.8 Å². The van der Waals surface area contributed by atoms with Crippen LogP contribution < -0.4 is 0 Å². The molecule has 0 N–H and O–H groups in total. The van der Waals surface area contributed by atoms with E-state index in [1.165, 1.54) is 6.26 Å². The Labute approximate surface area is 61.8 Å². The van der Waals surface area contributed by atoms with Crippen LogP contribution in [0.4, 0.5) is 0 Å². The van der Waals surface area contributed by atoms with Gasteiger partial charge in [-0.1, -0.05) is 6.58 Å². The first kappa shape index (κ1) is 7.61. The highest BCUT2D eigenvalue weighted by molar-refractivity contribution is 4.89. The molecule has 0 aliphatic carbocycles. The summed E-state index contributed by atoms with van der Waals surface area (Å²) in [5, 5.41) is 0. The fourth-order valence-electron chi connectivity index (χ4n) is 1.03. The smallest absolute Gasteiger partial charge is 0.124 e. The van der Waals surface area contributed by atoms with E-state index in [2.05, 4.69) is 13.5 Å². The molecule has 0 aromatic heterocycles. The van der Waals surface area contributed by atoms with E-state index < -0.39 is 0 Å². The van der Waals surface area contributed by atoms with Crippen molar-refractivity contribution in [2.45, 2.75) is 32.0 Å². The van der Waals surface area contributed by atoms with Crippen LogP contribution in [0.3, 0.4) is 0 Å². The molecule has 2 atom stereocenters. The topological polar surface area (TPSA) is 18.5 Å². The van der Waals surface area contributed by atoms with Gasteiger partial charge in [0, 0.05) is 6.42 Å². The maximum atomic E-state index is 5.36. The maximum Gasteiger partial charge on any atom is 0.124 e.